The summed E-state index contributed by atoms with van der Waals surface area (Å²) < 4.78 is 5.88. The van der Waals surface area contributed by atoms with Crippen molar-refractivity contribution in [2.75, 3.05) is 31.2 Å². The van der Waals surface area contributed by atoms with Gasteiger partial charge in [-0.05, 0) is 59.9 Å². The van der Waals surface area contributed by atoms with Gasteiger partial charge >= 0.3 is 0 Å². The van der Waals surface area contributed by atoms with Crippen molar-refractivity contribution in [3.05, 3.63) is 82.2 Å². The van der Waals surface area contributed by atoms with E-state index < -0.39 is 0 Å². The number of benzene rings is 2. The maximum atomic E-state index is 11.6. The summed E-state index contributed by atoms with van der Waals surface area (Å²) in [7, 11) is 1.86. The van der Waals surface area contributed by atoms with Gasteiger partial charge in [0, 0.05) is 45.2 Å². The van der Waals surface area contributed by atoms with Gasteiger partial charge in [0.05, 0.1) is 17.1 Å². The topological polar surface area (TPSA) is 80.5 Å². The second kappa shape index (κ2) is 10.0. The summed E-state index contributed by atoms with van der Waals surface area (Å²) >= 11 is 0. The van der Waals surface area contributed by atoms with E-state index in [0.29, 0.717) is 13.0 Å². The number of rotatable bonds is 7. The number of carbonyl (C=O) groups is 1. The largest absolute Gasteiger partial charge is 0.490 e. The molecule has 0 saturated heterocycles. The molecule has 3 aromatic rings. The van der Waals surface area contributed by atoms with E-state index in [0.717, 1.165) is 65.4 Å². The molecule has 1 atom stereocenters. The predicted molar refractivity (Wildman–Crippen MR) is 133 cm³/mol. The van der Waals surface area contributed by atoms with Gasteiger partial charge in [0.15, 0.2) is 0 Å². The first-order chi connectivity index (χ1) is 16.0. The molecule has 4 rings (SSSR count). The van der Waals surface area contributed by atoms with E-state index in [1.807, 2.05) is 38.4 Å². The number of pyridine rings is 1. The average molecular weight is 445 g/mol. The molecule has 2 heterocycles. The Labute approximate surface area is 195 Å². The minimum atomic E-state index is -0.0371. The molecule has 0 fully saturated rings. The molecule has 0 bridgehead atoms. The highest BCUT2D eigenvalue weighted by Gasteiger charge is 2.21. The third kappa shape index (κ3) is 4.86. The van der Waals surface area contributed by atoms with Crippen molar-refractivity contribution < 1.29 is 9.53 Å². The van der Waals surface area contributed by atoms with E-state index in [9.17, 15) is 4.79 Å². The molecule has 0 radical (unpaired) electrons. The Kier molecular flexibility index (Phi) is 6.94. The number of anilines is 2. The van der Waals surface area contributed by atoms with Gasteiger partial charge in [-0.1, -0.05) is 24.3 Å². The molecule has 1 aliphatic heterocycles. The minimum Gasteiger partial charge on any atom is -0.490 e. The third-order valence-corrected chi connectivity index (χ3v) is 6.59. The Hall–Kier alpha value is -3.38. The molecule has 1 aliphatic rings. The number of nitrogen functional groups attached to an aromatic ring is 1. The number of hydrogen-bond donors (Lipinski definition) is 2. The number of aromatic nitrogens is 1. The molecular weight excluding hydrogens is 412 g/mol. The molecule has 33 heavy (non-hydrogen) atoms. The van der Waals surface area contributed by atoms with Crippen LogP contribution in [0.5, 0.6) is 5.75 Å². The fourth-order valence-corrected chi connectivity index (χ4v) is 4.58. The van der Waals surface area contributed by atoms with E-state index in [1.54, 1.807) is 0 Å². The van der Waals surface area contributed by atoms with Gasteiger partial charge in [0.2, 0.25) is 0 Å². The summed E-state index contributed by atoms with van der Waals surface area (Å²) in [6, 6.07) is 14.5. The molecular formula is C27H32N4O2. The first-order valence-corrected chi connectivity index (χ1v) is 11.4. The van der Waals surface area contributed by atoms with Crippen LogP contribution in [0, 0.1) is 13.8 Å². The van der Waals surface area contributed by atoms with Gasteiger partial charge in [-0.25, -0.2) is 0 Å². The SMILES string of the molecule is CNc1ccc([C@@H](CC=O)c2ccc(C)c(CN3CCOc4cccnc4C3)c2)c(C)c1N. The van der Waals surface area contributed by atoms with Gasteiger partial charge < -0.3 is 20.6 Å². The third-order valence-electron chi connectivity index (χ3n) is 6.59. The van der Waals surface area contributed by atoms with E-state index >= 15 is 0 Å². The summed E-state index contributed by atoms with van der Waals surface area (Å²) in [5, 5.41) is 3.13. The lowest BCUT2D eigenvalue weighted by atomic mass is 9.84. The molecule has 0 unspecified atom stereocenters. The maximum absolute atomic E-state index is 11.6. The molecule has 0 amide bonds. The summed E-state index contributed by atoms with van der Waals surface area (Å²) in [6.07, 6.45) is 3.23. The van der Waals surface area contributed by atoms with Crippen LogP contribution in [0.25, 0.3) is 0 Å². The predicted octanol–water partition coefficient (Wildman–Crippen LogP) is 4.44. The van der Waals surface area contributed by atoms with E-state index in [-0.39, 0.29) is 5.92 Å². The van der Waals surface area contributed by atoms with Crippen molar-refractivity contribution in [3.8, 4) is 5.75 Å². The number of aryl methyl sites for hydroxylation is 1. The fourth-order valence-electron chi connectivity index (χ4n) is 4.58. The molecule has 0 spiro atoms. The maximum Gasteiger partial charge on any atom is 0.142 e. The normalized spacial score (nSPS) is 14.6. The Bertz CT molecular complexity index is 1140. The van der Waals surface area contributed by atoms with Gasteiger partial charge in [-0.3, -0.25) is 9.88 Å². The fraction of sp³-hybridized carbons (Fsp3) is 0.333. The van der Waals surface area contributed by atoms with E-state index in [1.165, 1.54) is 11.1 Å². The number of nitrogens with zero attached hydrogens (tertiary/aromatic N) is 2. The highest BCUT2D eigenvalue weighted by Crippen LogP contribution is 2.36. The number of carbonyl (C=O) groups excluding carboxylic acids is 1. The van der Waals surface area contributed by atoms with E-state index in [2.05, 4.69) is 46.4 Å². The van der Waals surface area contributed by atoms with Crippen LogP contribution >= 0.6 is 0 Å². The van der Waals surface area contributed by atoms with Gasteiger partial charge in [-0.15, -0.1) is 0 Å². The van der Waals surface area contributed by atoms with Crippen LogP contribution < -0.4 is 15.8 Å². The highest BCUT2D eigenvalue weighted by molar-refractivity contribution is 5.72. The number of aldehydes is 1. The van der Waals surface area contributed by atoms with Crippen LogP contribution in [0.1, 0.15) is 45.8 Å². The molecule has 3 N–H and O–H groups in total. The first-order valence-electron chi connectivity index (χ1n) is 11.4. The molecule has 172 valence electrons. The quantitative estimate of drug-likeness (QED) is 0.414. The summed E-state index contributed by atoms with van der Waals surface area (Å²) in [6.45, 7) is 7.19. The van der Waals surface area contributed by atoms with E-state index in [4.69, 9.17) is 10.5 Å². The van der Waals surface area contributed by atoms with Crippen LogP contribution in [0.3, 0.4) is 0 Å². The Morgan fingerprint density at radius 3 is 2.88 bits per heavy atom. The summed E-state index contributed by atoms with van der Waals surface area (Å²) in [5.41, 5.74) is 14.7. The molecule has 2 aromatic carbocycles. The number of nitrogens with one attached hydrogen (secondary N) is 1. The smallest absolute Gasteiger partial charge is 0.142 e. The van der Waals surface area contributed by atoms with Crippen LogP contribution in [-0.2, 0) is 17.9 Å². The zero-order chi connectivity index (χ0) is 23.4. The molecule has 0 aliphatic carbocycles. The lowest BCUT2D eigenvalue weighted by Gasteiger charge is -2.24. The number of ether oxygens (including phenoxy) is 1. The molecule has 1 aromatic heterocycles. The van der Waals surface area contributed by atoms with Gasteiger partial charge in [0.25, 0.3) is 0 Å². The van der Waals surface area contributed by atoms with Gasteiger partial charge in [0.1, 0.15) is 18.6 Å². The molecule has 0 saturated carbocycles. The zero-order valence-electron chi connectivity index (χ0n) is 19.6. The Morgan fingerprint density at radius 2 is 2.09 bits per heavy atom. The lowest BCUT2D eigenvalue weighted by Crippen LogP contribution is -2.26. The zero-order valence-corrected chi connectivity index (χ0v) is 19.6. The summed E-state index contributed by atoms with van der Waals surface area (Å²) in [4.78, 5) is 18.5. The van der Waals surface area contributed by atoms with Crippen LogP contribution in [-0.4, -0.2) is 36.4 Å². The number of hydrogen-bond acceptors (Lipinski definition) is 6. The molecule has 6 heteroatoms. The first kappa shape index (κ1) is 22.8. The Balaban J connectivity index is 1.64. The Morgan fingerprint density at radius 1 is 1.24 bits per heavy atom. The van der Waals surface area contributed by atoms with Gasteiger partial charge in [-0.2, -0.15) is 0 Å². The van der Waals surface area contributed by atoms with Crippen LogP contribution in [0.4, 0.5) is 11.4 Å². The highest BCUT2D eigenvalue weighted by atomic mass is 16.5. The van der Waals surface area contributed by atoms with Crippen LogP contribution in [0.2, 0.25) is 0 Å². The van der Waals surface area contributed by atoms with Crippen molar-refractivity contribution in [1.82, 2.24) is 9.88 Å². The van der Waals surface area contributed by atoms with Crippen molar-refractivity contribution in [1.29, 1.82) is 0 Å². The minimum absolute atomic E-state index is 0.0371. The number of fused-ring (bicyclic) bond motifs is 1. The second-order valence-electron chi connectivity index (χ2n) is 8.64. The van der Waals surface area contributed by atoms with Crippen LogP contribution in [0.15, 0.2) is 48.7 Å². The summed E-state index contributed by atoms with van der Waals surface area (Å²) in [5.74, 6) is 0.833. The monoisotopic (exact) mass is 444 g/mol. The van der Waals surface area contributed by atoms with Crippen molar-refractivity contribution >= 4 is 17.7 Å². The van der Waals surface area contributed by atoms with Crippen molar-refractivity contribution in [2.24, 2.45) is 0 Å². The van der Waals surface area contributed by atoms with Crippen molar-refractivity contribution in [3.63, 3.8) is 0 Å². The standard InChI is InChI=1S/C27H32N4O2/c1-18-6-7-20(23(10-13-32)22-8-9-24(29-3)27(28)19(22)2)15-21(18)16-31-12-14-33-26-5-4-11-30-25(26)17-31/h4-9,11,13,15,23,29H,10,12,14,16-17,28H2,1-3H3/t23-/m0/s1. The second-order valence-corrected chi connectivity index (χ2v) is 8.64. The number of nitrogens with two attached hydrogens (primary N) is 1. The molecule has 6 nitrogen and oxygen atoms in total. The van der Waals surface area contributed by atoms with Crippen molar-refractivity contribution in [2.45, 2.75) is 39.3 Å². The lowest BCUT2D eigenvalue weighted by molar-refractivity contribution is -0.108. The average Bonchev–Trinajstić information content (AvgIpc) is 3.03.